The van der Waals surface area contributed by atoms with Gasteiger partial charge in [-0.2, -0.15) is 0 Å². The lowest BCUT2D eigenvalue weighted by atomic mass is 9.82. The van der Waals surface area contributed by atoms with E-state index in [2.05, 4.69) is 188 Å². The van der Waals surface area contributed by atoms with E-state index < -0.39 is 0 Å². The molecule has 0 radical (unpaired) electrons. The third-order valence-corrected chi connectivity index (χ3v) is 10.6. The SMILES string of the molecule is C[C@@H]1CC=Cc2c1n(-c1ccccc1)c1ccc(-c3ccc(N(c4ccccc4)c4ccc5c(c4)C(C)(C)c4ccccc4-5)cc3)cc21. The van der Waals surface area contributed by atoms with Crippen molar-refractivity contribution in [2.75, 3.05) is 4.90 Å². The highest BCUT2D eigenvalue weighted by molar-refractivity contribution is 5.96. The lowest BCUT2D eigenvalue weighted by Gasteiger charge is -2.28. The van der Waals surface area contributed by atoms with Gasteiger partial charge in [0, 0.05) is 50.7 Å². The molecule has 2 aliphatic rings. The second-order valence-corrected chi connectivity index (χ2v) is 13.9. The van der Waals surface area contributed by atoms with Crippen molar-refractivity contribution >= 4 is 34.0 Å². The smallest absolute Gasteiger partial charge is 0.0538 e. The number of fused-ring (bicyclic) bond motifs is 6. The van der Waals surface area contributed by atoms with Gasteiger partial charge in [0.15, 0.2) is 0 Å². The summed E-state index contributed by atoms with van der Waals surface area (Å²) < 4.78 is 2.47. The lowest BCUT2D eigenvalue weighted by Crippen LogP contribution is -2.16. The van der Waals surface area contributed by atoms with Crippen LogP contribution < -0.4 is 4.90 Å². The molecule has 2 nitrogen and oxygen atoms in total. The quantitative estimate of drug-likeness (QED) is 0.186. The molecule has 0 bridgehead atoms. The van der Waals surface area contributed by atoms with Gasteiger partial charge in [-0.3, -0.25) is 0 Å². The first-order chi connectivity index (χ1) is 23.5. The number of rotatable bonds is 5. The number of aromatic nitrogens is 1. The van der Waals surface area contributed by atoms with Crippen LogP contribution in [-0.4, -0.2) is 4.57 Å². The molecule has 0 spiro atoms. The number of para-hydroxylation sites is 2. The van der Waals surface area contributed by atoms with E-state index in [1.807, 2.05) is 0 Å². The summed E-state index contributed by atoms with van der Waals surface area (Å²) in [6.45, 7) is 7.04. The predicted molar refractivity (Wildman–Crippen MR) is 203 cm³/mol. The maximum absolute atomic E-state index is 2.47. The second-order valence-electron chi connectivity index (χ2n) is 13.9. The van der Waals surface area contributed by atoms with Crippen molar-refractivity contribution in [3.63, 3.8) is 0 Å². The van der Waals surface area contributed by atoms with Gasteiger partial charge in [0.2, 0.25) is 0 Å². The fourth-order valence-corrected chi connectivity index (χ4v) is 8.19. The van der Waals surface area contributed by atoms with Crippen LogP contribution in [0.4, 0.5) is 17.1 Å². The maximum Gasteiger partial charge on any atom is 0.0538 e. The Morgan fingerprint density at radius 1 is 0.604 bits per heavy atom. The minimum atomic E-state index is -0.0571. The highest BCUT2D eigenvalue weighted by Gasteiger charge is 2.35. The normalized spacial score (nSPS) is 15.6. The maximum atomic E-state index is 2.47. The first-order valence-corrected chi connectivity index (χ1v) is 17.1. The van der Waals surface area contributed by atoms with Gasteiger partial charge in [-0.05, 0) is 100 Å². The molecule has 1 heterocycles. The van der Waals surface area contributed by atoms with E-state index in [4.69, 9.17) is 0 Å². The number of benzene rings is 6. The van der Waals surface area contributed by atoms with E-state index in [9.17, 15) is 0 Å². The summed E-state index contributed by atoms with van der Waals surface area (Å²) in [5.74, 6) is 0.461. The Morgan fingerprint density at radius 3 is 2.04 bits per heavy atom. The topological polar surface area (TPSA) is 8.17 Å². The Kier molecular flexibility index (Phi) is 6.55. The van der Waals surface area contributed by atoms with Gasteiger partial charge >= 0.3 is 0 Å². The van der Waals surface area contributed by atoms with Crippen LogP contribution in [0.3, 0.4) is 0 Å². The van der Waals surface area contributed by atoms with E-state index in [0.717, 1.165) is 17.8 Å². The van der Waals surface area contributed by atoms with Gasteiger partial charge in [-0.1, -0.05) is 118 Å². The molecule has 0 amide bonds. The monoisotopic (exact) mass is 618 g/mol. The molecule has 0 unspecified atom stereocenters. The molecule has 0 aliphatic heterocycles. The fourth-order valence-electron chi connectivity index (χ4n) is 8.19. The Labute approximate surface area is 283 Å². The summed E-state index contributed by atoms with van der Waals surface area (Å²) in [6, 6.07) is 53.4. The van der Waals surface area contributed by atoms with Crippen molar-refractivity contribution in [2.24, 2.45) is 0 Å². The zero-order chi connectivity index (χ0) is 32.4. The van der Waals surface area contributed by atoms with E-state index in [1.165, 1.54) is 66.9 Å². The van der Waals surface area contributed by atoms with Crippen LogP contribution in [-0.2, 0) is 5.41 Å². The molecule has 0 fully saturated rings. The number of allylic oxidation sites excluding steroid dienone is 1. The second kappa shape index (κ2) is 11.0. The van der Waals surface area contributed by atoms with Crippen molar-refractivity contribution in [2.45, 2.75) is 38.5 Å². The third kappa shape index (κ3) is 4.40. The van der Waals surface area contributed by atoms with Crippen LogP contribution >= 0.6 is 0 Å². The molecule has 7 aromatic rings. The molecule has 0 saturated carbocycles. The van der Waals surface area contributed by atoms with E-state index in [0.29, 0.717) is 5.92 Å². The Balaban J connectivity index is 1.13. The fraction of sp³-hybridized carbons (Fsp3) is 0.130. The summed E-state index contributed by atoms with van der Waals surface area (Å²) in [5, 5.41) is 1.31. The van der Waals surface area contributed by atoms with Crippen molar-refractivity contribution in [3.8, 4) is 27.9 Å². The van der Waals surface area contributed by atoms with Gasteiger partial charge in [0.25, 0.3) is 0 Å². The van der Waals surface area contributed by atoms with Crippen molar-refractivity contribution in [1.29, 1.82) is 0 Å². The predicted octanol–water partition coefficient (Wildman–Crippen LogP) is 12.6. The Morgan fingerprint density at radius 2 is 1.25 bits per heavy atom. The third-order valence-electron chi connectivity index (χ3n) is 10.6. The minimum absolute atomic E-state index is 0.0571. The average molecular weight is 619 g/mol. The number of hydrogen-bond donors (Lipinski definition) is 0. The van der Waals surface area contributed by atoms with Gasteiger partial charge in [-0.25, -0.2) is 0 Å². The first kappa shape index (κ1) is 28.6. The van der Waals surface area contributed by atoms with Gasteiger partial charge in [0.05, 0.1) is 5.52 Å². The van der Waals surface area contributed by atoms with Crippen molar-refractivity contribution in [1.82, 2.24) is 4.57 Å². The summed E-state index contributed by atoms with van der Waals surface area (Å²) in [6.07, 6.45) is 5.73. The summed E-state index contributed by atoms with van der Waals surface area (Å²) in [5.41, 5.74) is 16.6. The standard InChI is InChI=1S/C46H38N2/c1-31-13-12-19-40-41-29-33(23-28-44(41)48(45(31)40)35-16-8-5-9-17-35)32-21-24-36(25-22-32)47(34-14-6-4-7-15-34)37-26-27-39-38-18-10-11-20-42(38)46(2,3)43(39)30-37/h4-12,14-31H,13H2,1-3H3/t31-/m1/s1. The molecule has 232 valence electrons. The lowest BCUT2D eigenvalue weighted by molar-refractivity contribution is 0.660. The van der Waals surface area contributed by atoms with Crippen LogP contribution in [0.1, 0.15) is 55.5 Å². The highest BCUT2D eigenvalue weighted by atomic mass is 15.1. The van der Waals surface area contributed by atoms with Gasteiger partial charge in [0.1, 0.15) is 0 Å². The van der Waals surface area contributed by atoms with Gasteiger partial charge in [-0.15, -0.1) is 0 Å². The van der Waals surface area contributed by atoms with Crippen LogP contribution in [0.2, 0.25) is 0 Å². The van der Waals surface area contributed by atoms with Crippen LogP contribution in [0.5, 0.6) is 0 Å². The molecule has 1 atom stereocenters. The molecule has 9 rings (SSSR count). The van der Waals surface area contributed by atoms with Crippen LogP contribution in [0.15, 0.2) is 152 Å². The van der Waals surface area contributed by atoms with Crippen molar-refractivity contribution < 1.29 is 0 Å². The Hall–Kier alpha value is -5.60. The molecule has 6 aromatic carbocycles. The van der Waals surface area contributed by atoms with Crippen LogP contribution in [0.25, 0.3) is 44.9 Å². The summed E-state index contributed by atoms with van der Waals surface area (Å²) in [7, 11) is 0. The number of anilines is 3. The molecule has 0 N–H and O–H groups in total. The number of hydrogen-bond acceptors (Lipinski definition) is 1. The van der Waals surface area contributed by atoms with Crippen LogP contribution in [0, 0.1) is 0 Å². The Bertz CT molecular complexity index is 2340. The van der Waals surface area contributed by atoms with Gasteiger partial charge < -0.3 is 9.47 Å². The molecule has 2 heteroatoms. The molecule has 0 saturated heterocycles. The molecular formula is C46H38N2. The zero-order valence-electron chi connectivity index (χ0n) is 27.7. The van der Waals surface area contributed by atoms with E-state index in [-0.39, 0.29) is 5.41 Å². The first-order valence-electron chi connectivity index (χ1n) is 17.1. The number of nitrogens with zero attached hydrogens (tertiary/aromatic N) is 2. The zero-order valence-corrected chi connectivity index (χ0v) is 27.7. The molecule has 1 aromatic heterocycles. The van der Waals surface area contributed by atoms with Crippen molar-refractivity contribution in [3.05, 3.63) is 174 Å². The minimum Gasteiger partial charge on any atom is -0.313 e. The largest absolute Gasteiger partial charge is 0.313 e. The summed E-state index contributed by atoms with van der Waals surface area (Å²) >= 11 is 0. The molecule has 2 aliphatic carbocycles. The summed E-state index contributed by atoms with van der Waals surface area (Å²) in [4.78, 5) is 2.38. The van der Waals surface area contributed by atoms with E-state index in [1.54, 1.807) is 0 Å². The molecular weight excluding hydrogens is 581 g/mol. The van der Waals surface area contributed by atoms with E-state index >= 15 is 0 Å². The average Bonchev–Trinajstić information content (AvgIpc) is 3.59. The highest BCUT2D eigenvalue weighted by Crippen LogP contribution is 2.50. The molecule has 48 heavy (non-hydrogen) atoms.